The molecule has 3 aromatic rings. The summed E-state index contributed by atoms with van der Waals surface area (Å²) in [6, 6.07) is 9.64. The van der Waals surface area contributed by atoms with Crippen molar-refractivity contribution >= 4 is 16.9 Å². The van der Waals surface area contributed by atoms with Crippen LogP contribution in [0.25, 0.3) is 11.2 Å². The summed E-state index contributed by atoms with van der Waals surface area (Å²) in [7, 11) is 1.54. The number of rotatable bonds is 4. The van der Waals surface area contributed by atoms with Crippen LogP contribution in [0.15, 0.2) is 46.2 Å². The van der Waals surface area contributed by atoms with Gasteiger partial charge in [0.25, 0.3) is 5.56 Å². The molecular formula is C16H16N4O3. The van der Waals surface area contributed by atoms with Gasteiger partial charge in [0.1, 0.15) is 5.78 Å². The quantitative estimate of drug-likeness (QED) is 0.704. The van der Waals surface area contributed by atoms with E-state index < -0.39 is 11.2 Å². The minimum Gasteiger partial charge on any atom is -0.320 e. The van der Waals surface area contributed by atoms with Gasteiger partial charge in [0.2, 0.25) is 0 Å². The average Bonchev–Trinajstić information content (AvgIpc) is 2.94. The summed E-state index contributed by atoms with van der Waals surface area (Å²) in [5.41, 5.74) is 0.612. The van der Waals surface area contributed by atoms with Gasteiger partial charge < -0.3 is 4.57 Å². The molecule has 0 radical (unpaired) electrons. The van der Waals surface area contributed by atoms with Crippen molar-refractivity contribution in [3.05, 3.63) is 63.1 Å². The Hall–Kier alpha value is -2.96. The van der Waals surface area contributed by atoms with E-state index in [1.807, 2.05) is 30.3 Å². The molecule has 0 spiro atoms. The van der Waals surface area contributed by atoms with Crippen LogP contribution < -0.4 is 11.2 Å². The summed E-state index contributed by atoms with van der Waals surface area (Å²) in [5, 5.41) is 0. The highest BCUT2D eigenvalue weighted by Gasteiger charge is 2.17. The second-order valence-corrected chi connectivity index (χ2v) is 5.47. The van der Waals surface area contributed by atoms with E-state index in [9.17, 15) is 14.4 Å². The largest absolute Gasteiger partial charge is 0.332 e. The van der Waals surface area contributed by atoms with Gasteiger partial charge in [0.15, 0.2) is 11.2 Å². The van der Waals surface area contributed by atoms with Gasteiger partial charge >= 0.3 is 5.69 Å². The van der Waals surface area contributed by atoms with Crippen molar-refractivity contribution < 1.29 is 4.79 Å². The Morgan fingerprint density at radius 2 is 1.87 bits per heavy atom. The Morgan fingerprint density at radius 3 is 2.52 bits per heavy atom. The number of Topliss-reactive ketones (excluding diaryl/α,β-unsaturated/α-hetero) is 1. The van der Waals surface area contributed by atoms with Crippen LogP contribution in [0, 0.1) is 0 Å². The van der Waals surface area contributed by atoms with E-state index in [1.54, 1.807) is 11.6 Å². The Kier molecular flexibility index (Phi) is 3.69. The number of aromatic nitrogens is 4. The number of hydrogen-bond acceptors (Lipinski definition) is 4. The lowest BCUT2D eigenvalue weighted by atomic mass is 10.2. The third kappa shape index (κ3) is 2.61. The number of benzene rings is 1. The van der Waals surface area contributed by atoms with Crippen molar-refractivity contribution in [3.8, 4) is 0 Å². The molecule has 0 saturated heterocycles. The number of aryl methyl sites for hydroxylation is 1. The topological polar surface area (TPSA) is 78.9 Å². The summed E-state index contributed by atoms with van der Waals surface area (Å²) in [6.07, 6.45) is 1.54. The fourth-order valence-electron chi connectivity index (χ4n) is 2.58. The Balaban J connectivity index is 2.22. The van der Waals surface area contributed by atoms with E-state index in [1.165, 1.54) is 17.8 Å². The Labute approximate surface area is 131 Å². The average molecular weight is 312 g/mol. The summed E-state index contributed by atoms with van der Waals surface area (Å²) < 4.78 is 3.94. The maximum absolute atomic E-state index is 12.6. The summed E-state index contributed by atoms with van der Waals surface area (Å²) >= 11 is 0. The third-order valence-corrected chi connectivity index (χ3v) is 3.68. The molecule has 118 valence electrons. The van der Waals surface area contributed by atoms with Crippen molar-refractivity contribution in [2.75, 3.05) is 0 Å². The molecule has 0 bridgehead atoms. The summed E-state index contributed by atoms with van der Waals surface area (Å²) in [6.45, 7) is 1.57. The molecule has 0 saturated carbocycles. The number of fused-ring (bicyclic) bond motifs is 1. The lowest BCUT2D eigenvalue weighted by Gasteiger charge is -2.08. The molecule has 0 aliphatic heterocycles. The van der Waals surface area contributed by atoms with Crippen molar-refractivity contribution in [2.24, 2.45) is 7.05 Å². The zero-order chi connectivity index (χ0) is 16.6. The first-order valence-corrected chi connectivity index (χ1v) is 7.17. The molecule has 0 aliphatic carbocycles. The number of carbonyl (C=O) groups excluding carboxylic acids is 1. The van der Waals surface area contributed by atoms with Crippen LogP contribution >= 0.6 is 0 Å². The van der Waals surface area contributed by atoms with E-state index in [0.29, 0.717) is 17.7 Å². The minimum atomic E-state index is -0.539. The van der Waals surface area contributed by atoms with Crippen LogP contribution in [-0.4, -0.2) is 24.5 Å². The molecule has 0 unspecified atom stereocenters. The molecule has 2 heterocycles. The zero-order valence-electron chi connectivity index (χ0n) is 12.9. The van der Waals surface area contributed by atoms with Crippen molar-refractivity contribution in [1.29, 1.82) is 0 Å². The molecule has 3 rings (SSSR count). The smallest absolute Gasteiger partial charge is 0.320 e. The molecule has 2 aromatic heterocycles. The molecule has 0 amide bonds. The van der Waals surface area contributed by atoms with Gasteiger partial charge in [-0.2, -0.15) is 0 Å². The third-order valence-electron chi connectivity index (χ3n) is 3.68. The van der Waals surface area contributed by atoms with Gasteiger partial charge in [0.05, 0.1) is 12.9 Å². The predicted octanol–water partition coefficient (Wildman–Crippen LogP) is 0.534. The predicted molar refractivity (Wildman–Crippen MR) is 85.5 cm³/mol. The highest BCUT2D eigenvalue weighted by atomic mass is 16.2. The number of imidazole rings is 1. The highest BCUT2D eigenvalue weighted by Crippen LogP contribution is 2.09. The van der Waals surface area contributed by atoms with Crippen LogP contribution in [0.2, 0.25) is 0 Å². The van der Waals surface area contributed by atoms with Gasteiger partial charge in [-0.25, -0.2) is 9.78 Å². The maximum Gasteiger partial charge on any atom is 0.332 e. The molecule has 0 atom stereocenters. The van der Waals surface area contributed by atoms with Crippen molar-refractivity contribution in [2.45, 2.75) is 20.0 Å². The molecule has 0 N–H and O–H groups in total. The van der Waals surface area contributed by atoms with Crippen LogP contribution in [0.5, 0.6) is 0 Å². The van der Waals surface area contributed by atoms with Crippen LogP contribution in [0.4, 0.5) is 0 Å². The normalized spacial score (nSPS) is 11.0. The first kappa shape index (κ1) is 15.0. The monoisotopic (exact) mass is 312 g/mol. The molecule has 7 heteroatoms. The fourth-order valence-corrected chi connectivity index (χ4v) is 2.58. The lowest BCUT2D eigenvalue weighted by Crippen LogP contribution is -2.41. The van der Waals surface area contributed by atoms with Gasteiger partial charge in [-0.15, -0.1) is 0 Å². The standard InChI is InChI=1S/C16H16N4O3/c1-11(21)8-20-15(22)13-14(18(2)16(20)23)17-10-19(13)9-12-6-4-3-5-7-12/h3-7,10H,8-9H2,1-2H3. The van der Waals surface area contributed by atoms with Gasteiger partial charge in [-0.1, -0.05) is 30.3 Å². The fraction of sp³-hybridized carbons (Fsp3) is 0.250. The minimum absolute atomic E-state index is 0.238. The number of hydrogen-bond donors (Lipinski definition) is 0. The van der Waals surface area contributed by atoms with Crippen LogP contribution in [0.3, 0.4) is 0 Å². The van der Waals surface area contributed by atoms with Gasteiger partial charge in [0, 0.05) is 13.6 Å². The first-order valence-electron chi connectivity index (χ1n) is 7.17. The Morgan fingerprint density at radius 1 is 1.17 bits per heavy atom. The summed E-state index contributed by atoms with van der Waals surface area (Å²) in [4.78, 5) is 40.4. The van der Waals surface area contributed by atoms with Gasteiger partial charge in [-0.3, -0.25) is 18.7 Å². The zero-order valence-corrected chi connectivity index (χ0v) is 12.9. The lowest BCUT2D eigenvalue weighted by molar-refractivity contribution is -0.117. The van der Waals surface area contributed by atoms with Crippen molar-refractivity contribution in [1.82, 2.24) is 18.7 Å². The molecule has 0 fully saturated rings. The SMILES string of the molecule is CC(=O)Cn1c(=O)c2c(ncn2Cc2ccccc2)n(C)c1=O. The molecule has 0 aliphatic rings. The van der Waals surface area contributed by atoms with E-state index in [0.717, 1.165) is 10.1 Å². The highest BCUT2D eigenvalue weighted by molar-refractivity contribution is 5.76. The number of carbonyl (C=O) groups is 1. The van der Waals surface area contributed by atoms with E-state index in [-0.39, 0.29) is 12.3 Å². The molecular weight excluding hydrogens is 296 g/mol. The maximum atomic E-state index is 12.6. The van der Waals surface area contributed by atoms with E-state index >= 15 is 0 Å². The summed E-state index contributed by atoms with van der Waals surface area (Å²) in [5.74, 6) is -0.252. The van der Waals surface area contributed by atoms with Gasteiger partial charge in [-0.05, 0) is 12.5 Å². The molecule has 23 heavy (non-hydrogen) atoms. The first-order chi connectivity index (χ1) is 11.0. The van der Waals surface area contributed by atoms with Crippen LogP contribution in [0.1, 0.15) is 12.5 Å². The molecule has 7 nitrogen and oxygen atoms in total. The van der Waals surface area contributed by atoms with E-state index in [2.05, 4.69) is 4.98 Å². The number of nitrogens with zero attached hydrogens (tertiary/aromatic N) is 4. The van der Waals surface area contributed by atoms with Crippen LogP contribution in [-0.2, 0) is 24.9 Å². The Bertz CT molecular complexity index is 996. The number of ketones is 1. The van der Waals surface area contributed by atoms with Crippen molar-refractivity contribution in [3.63, 3.8) is 0 Å². The molecule has 1 aromatic carbocycles. The second kappa shape index (κ2) is 5.68. The van der Waals surface area contributed by atoms with E-state index in [4.69, 9.17) is 0 Å². The second-order valence-electron chi connectivity index (χ2n) is 5.47.